The summed E-state index contributed by atoms with van der Waals surface area (Å²) in [6.45, 7) is 6.28. The molecule has 1 unspecified atom stereocenters. The van der Waals surface area contributed by atoms with Crippen molar-refractivity contribution in [1.29, 1.82) is 0 Å². The number of fused-ring (bicyclic) bond motifs is 1. The Bertz CT molecular complexity index is 1570. The Morgan fingerprint density at radius 3 is 2.60 bits per heavy atom. The van der Waals surface area contributed by atoms with E-state index in [9.17, 15) is 14.7 Å². The Morgan fingerprint density at radius 2 is 1.95 bits per heavy atom. The molecule has 9 heteroatoms. The number of carboxylic acids is 1. The van der Waals surface area contributed by atoms with E-state index in [0.29, 0.717) is 45.1 Å². The van der Waals surface area contributed by atoms with Gasteiger partial charge in [0.2, 0.25) is 0 Å². The topological polar surface area (TPSA) is 114 Å². The van der Waals surface area contributed by atoms with Gasteiger partial charge in [-0.25, -0.2) is 9.78 Å². The number of hydrogen-bond donors (Lipinski definition) is 3. The summed E-state index contributed by atoms with van der Waals surface area (Å²) >= 11 is 5.83. The first-order valence-electron chi connectivity index (χ1n) is 13.6. The molecule has 4 rings (SSSR count). The lowest BCUT2D eigenvalue weighted by Crippen LogP contribution is -2.40. The van der Waals surface area contributed by atoms with Crippen LogP contribution in [0.3, 0.4) is 0 Å². The summed E-state index contributed by atoms with van der Waals surface area (Å²) < 4.78 is 10.8. The third-order valence-corrected chi connectivity index (χ3v) is 7.33. The molecule has 0 bridgehead atoms. The van der Waals surface area contributed by atoms with Crippen LogP contribution in [0, 0.1) is 5.92 Å². The maximum atomic E-state index is 13.3. The Balaban J connectivity index is 1.69. The number of methoxy groups -OCH3 is 2. The number of nitrogens with one attached hydrogen (secondary N) is 2. The number of H-pyrrole nitrogens is 1. The zero-order valence-electron chi connectivity index (χ0n) is 23.8. The van der Waals surface area contributed by atoms with Gasteiger partial charge in [-0.15, -0.1) is 0 Å². The molecule has 3 aromatic rings. The number of carboxylic acid groups (broad SMARTS) is 1. The number of carbonyl (C=O) groups is 2. The number of rotatable bonds is 12. The summed E-state index contributed by atoms with van der Waals surface area (Å²) in [5.41, 5.74) is 4.08. The summed E-state index contributed by atoms with van der Waals surface area (Å²) in [6, 6.07) is 8.06. The van der Waals surface area contributed by atoms with E-state index < -0.39 is 5.97 Å². The van der Waals surface area contributed by atoms with E-state index in [4.69, 9.17) is 26.1 Å². The molecule has 1 aromatic heterocycles. The van der Waals surface area contributed by atoms with E-state index in [1.807, 2.05) is 12.2 Å². The molecular formula is C33H34ClN3O5. The molecule has 1 amide bonds. The molecule has 0 spiro atoms. The van der Waals surface area contributed by atoms with Gasteiger partial charge in [-0.1, -0.05) is 68.0 Å². The van der Waals surface area contributed by atoms with Crippen molar-refractivity contribution in [3.63, 3.8) is 0 Å². The van der Waals surface area contributed by atoms with Gasteiger partial charge >= 0.3 is 5.97 Å². The van der Waals surface area contributed by atoms with Gasteiger partial charge in [0.05, 0.1) is 30.8 Å². The van der Waals surface area contributed by atoms with Crippen molar-refractivity contribution in [3.8, 4) is 11.5 Å². The number of amides is 1. The van der Waals surface area contributed by atoms with Crippen LogP contribution in [0.15, 0.2) is 78.9 Å². The number of imidazole rings is 1. The number of carbonyl (C=O) groups excluding carboxylic acids is 1. The Labute approximate surface area is 250 Å². The summed E-state index contributed by atoms with van der Waals surface area (Å²) in [5, 5.41) is 13.3. The number of aromatic amines is 1. The highest BCUT2D eigenvalue weighted by Gasteiger charge is 2.24. The first-order valence-corrected chi connectivity index (χ1v) is 14.0. The highest BCUT2D eigenvalue weighted by molar-refractivity contribution is 6.25. The van der Waals surface area contributed by atoms with Gasteiger partial charge in [0.15, 0.2) is 11.5 Å². The molecule has 218 valence electrons. The second kappa shape index (κ2) is 13.9. The number of benzene rings is 2. The predicted octanol–water partition coefficient (Wildman–Crippen LogP) is 7.16. The highest BCUT2D eigenvalue weighted by atomic mass is 35.5. The lowest BCUT2D eigenvalue weighted by atomic mass is 9.89. The van der Waals surface area contributed by atoms with Crippen molar-refractivity contribution in [1.82, 2.24) is 15.3 Å². The van der Waals surface area contributed by atoms with Crippen molar-refractivity contribution in [2.24, 2.45) is 5.92 Å². The van der Waals surface area contributed by atoms with Gasteiger partial charge in [-0.2, -0.15) is 0 Å². The van der Waals surface area contributed by atoms with E-state index in [0.717, 1.165) is 19.3 Å². The van der Waals surface area contributed by atoms with Crippen molar-refractivity contribution in [2.75, 3.05) is 14.2 Å². The fourth-order valence-corrected chi connectivity index (χ4v) is 5.12. The molecule has 1 aliphatic rings. The first-order chi connectivity index (χ1) is 20.3. The summed E-state index contributed by atoms with van der Waals surface area (Å²) in [7, 11) is 3.09. The summed E-state index contributed by atoms with van der Waals surface area (Å²) in [4.78, 5) is 33.7. The number of ether oxygens (including phenoxy) is 2. The van der Waals surface area contributed by atoms with Gasteiger partial charge < -0.3 is 24.9 Å². The van der Waals surface area contributed by atoms with Crippen LogP contribution in [0.1, 0.15) is 58.3 Å². The standard InChI is InChI=1S/C33H34ClN3O5/c1-5-10-26(21-11-7-6-8-12-21)37-32(38)22-14-15-23(25(17-22)33(39)40)20(2)24(13-9-16-34)31-35-27-18-29(41-3)30(42-4)19-28(27)36-31/h6-9,11,13-19,21,26H,2,5,10,12H2,1,3-4H3,(H,35,36)(H,37,38)(H,39,40)/b16-9-,24-13+/t21?,26-/m1/s1. The average molecular weight is 588 g/mol. The minimum atomic E-state index is -1.18. The van der Waals surface area contributed by atoms with Crippen LogP contribution in [-0.2, 0) is 0 Å². The number of allylic oxidation sites excluding steroid dienone is 7. The maximum Gasteiger partial charge on any atom is 0.336 e. The van der Waals surface area contributed by atoms with Gasteiger partial charge in [0, 0.05) is 40.8 Å². The molecule has 1 aliphatic carbocycles. The molecule has 2 aromatic carbocycles. The van der Waals surface area contributed by atoms with Gasteiger partial charge in [0.1, 0.15) is 5.82 Å². The van der Waals surface area contributed by atoms with E-state index in [1.54, 1.807) is 50.6 Å². The molecule has 2 atom stereocenters. The van der Waals surface area contributed by atoms with E-state index >= 15 is 0 Å². The fraction of sp³-hybridized carbons (Fsp3) is 0.242. The number of nitrogens with zero attached hydrogens (tertiary/aromatic N) is 1. The lowest BCUT2D eigenvalue weighted by Gasteiger charge is -2.26. The third kappa shape index (κ3) is 6.66. The van der Waals surface area contributed by atoms with E-state index in [-0.39, 0.29) is 29.0 Å². The van der Waals surface area contributed by atoms with Crippen LogP contribution in [0.25, 0.3) is 22.2 Å². The smallest absolute Gasteiger partial charge is 0.336 e. The number of hydrogen-bond acceptors (Lipinski definition) is 5. The second-order valence-electron chi connectivity index (χ2n) is 9.83. The second-order valence-corrected chi connectivity index (χ2v) is 10.1. The third-order valence-electron chi connectivity index (χ3n) is 7.19. The largest absolute Gasteiger partial charge is 0.493 e. The molecule has 0 fully saturated rings. The number of aromatic carboxylic acids is 1. The molecule has 3 N–H and O–H groups in total. The summed E-state index contributed by atoms with van der Waals surface area (Å²) in [6.07, 6.45) is 14.0. The molecule has 0 aliphatic heterocycles. The zero-order chi connectivity index (χ0) is 30.2. The number of aromatic nitrogens is 2. The Hall–Kier alpha value is -4.56. The van der Waals surface area contributed by atoms with Crippen molar-refractivity contribution in [2.45, 2.75) is 32.2 Å². The first kappa shape index (κ1) is 30.4. The molecule has 42 heavy (non-hydrogen) atoms. The summed E-state index contributed by atoms with van der Waals surface area (Å²) in [5.74, 6) is 0.171. The highest BCUT2D eigenvalue weighted by Crippen LogP contribution is 2.35. The average Bonchev–Trinajstić information content (AvgIpc) is 3.42. The Kier molecular flexibility index (Phi) is 10.0. The van der Waals surface area contributed by atoms with Crippen LogP contribution in [0.4, 0.5) is 0 Å². The SMILES string of the molecule is C=C(/C(=C\C=C/Cl)c1nc2cc(OC)c(OC)cc2[nH]1)c1ccc(C(=O)N[C@H](CCC)C2C=CC=CC2)cc1C(=O)O. The van der Waals surface area contributed by atoms with E-state index in [2.05, 4.69) is 36.0 Å². The molecular weight excluding hydrogens is 554 g/mol. The molecule has 1 heterocycles. The van der Waals surface area contributed by atoms with Crippen molar-refractivity contribution < 1.29 is 24.2 Å². The zero-order valence-corrected chi connectivity index (χ0v) is 24.6. The predicted molar refractivity (Wildman–Crippen MR) is 167 cm³/mol. The monoisotopic (exact) mass is 587 g/mol. The van der Waals surface area contributed by atoms with Crippen LogP contribution in [0.2, 0.25) is 0 Å². The molecule has 0 radical (unpaired) electrons. The van der Waals surface area contributed by atoms with Crippen LogP contribution in [0.5, 0.6) is 11.5 Å². The normalized spacial score (nSPS) is 15.6. The minimum Gasteiger partial charge on any atom is -0.493 e. The number of halogens is 1. The van der Waals surface area contributed by atoms with Crippen LogP contribution in [-0.4, -0.2) is 47.2 Å². The minimum absolute atomic E-state index is 0.0552. The quantitative estimate of drug-likeness (QED) is 0.194. The van der Waals surface area contributed by atoms with Gasteiger partial charge in [0.25, 0.3) is 5.91 Å². The molecule has 8 nitrogen and oxygen atoms in total. The van der Waals surface area contributed by atoms with Crippen LogP contribution >= 0.6 is 11.6 Å². The Morgan fingerprint density at radius 1 is 1.19 bits per heavy atom. The van der Waals surface area contributed by atoms with Crippen LogP contribution < -0.4 is 14.8 Å². The van der Waals surface area contributed by atoms with Gasteiger partial charge in [-0.05, 0) is 42.2 Å². The molecule has 0 saturated heterocycles. The van der Waals surface area contributed by atoms with E-state index in [1.165, 1.54) is 11.6 Å². The van der Waals surface area contributed by atoms with Crippen molar-refractivity contribution >= 4 is 45.7 Å². The fourth-order valence-electron chi connectivity index (χ4n) is 5.04. The van der Waals surface area contributed by atoms with Gasteiger partial charge in [-0.3, -0.25) is 4.79 Å². The molecule has 0 saturated carbocycles. The maximum absolute atomic E-state index is 13.3. The van der Waals surface area contributed by atoms with Crippen molar-refractivity contribution in [3.05, 3.63) is 101 Å². The lowest BCUT2D eigenvalue weighted by molar-refractivity contribution is 0.0696.